The Morgan fingerprint density at radius 1 is 1.28 bits per heavy atom. The van der Waals surface area contributed by atoms with Crippen LogP contribution >= 0.6 is 0 Å². The van der Waals surface area contributed by atoms with Crippen LogP contribution in [0.3, 0.4) is 0 Å². The largest absolute Gasteiger partial charge is 0.497 e. The highest BCUT2D eigenvalue weighted by Crippen LogP contribution is 2.33. The number of rotatable bonds is 6. The first-order valence-corrected chi connectivity index (χ1v) is 10.5. The Morgan fingerprint density at radius 3 is 2.66 bits per heavy atom. The highest BCUT2D eigenvalue weighted by Gasteiger charge is 2.33. The second kappa shape index (κ2) is 8.97. The third-order valence-corrected chi connectivity index (χ3v) is 5.38. The van der Waals surface area contributed by atoms with Crippen molar-refractivity contribution < 1.29 is 14.1 Å². The van der Waals surface area contributed by atoms with Crippen LogP contribution in [0.15, 0.2) is 28.8 Å². The van der Waals surface area contributed by atoms with Gasteiger partial charge in [0.25, 0.3) is 0 Å². The number of aromatic nitrogens is 2. The van der Waals surface area contributed by atoms with Crippen molar-refractivity contribution in [1.82, 2.24) is 15.0 Å². The van der Waals surface area contributed by atoms with Gasteiger partial charge in [-0.25, -0.2) is 0 Å². The topological polar surface area (TPSA) is 68.5 Å². The van der Waals surface area contributed by atoms with Gasteiger partial charge < -0.3 is 14.2 Å². The van der Waals surface area contributed by atoms with E-state index >= 15 is 0 Å². The monoisotopic (exact) mass is 399 g/mol. The minimum atomic E-state index is -0.127. The van der Waals surface area contributed by atoms with E-state index in [-0.39, 0.29) is 17.4 Å². The van der Waals surface area contributed by atoms with Crippen molar-refractivity contribution in [1.29, 1.82) is 0 Å². The summed E-state index contributed by atoms with van der Waals surface area (Å²) in [7, 11) is 1.64. The first kappa shape index (κ1) is 21.3. The third-order valence-electron chi connectivity index (χ3n) is 5.38. The molecule has 2 aromatic rings. The van der Waals surface area contributed by atoms with Crippen LogP contribution < -0.4 is 4.74 Å². The number of hydrogen-bond acceptors (Lipinski definition) is 5. The first-order valence-electron chi connectivity index (χ1n) is 10.5. The summed E-state index contributed by atoms with van der Waals surface area (Å²) in [5, 5.41) is 4.16. The number of carbonyl (C=O) groups is 1. The fourth-order valence-corrected chi connectivity index (χ4v) is 4.25. The molecule has 1 aliphatic heterocycles. The number of methoxy groups -OCH3 is 1. The summed E-state index contributed by atoms with van der Waals surface area (Å²) in [4.78, 5) is 19.6. The van der Waals surface area contributed by atoms with Crippen molar-refractivity contribution >= 4 is 5.91 Å². The van der Waals surface area contributed by atoms with Crippen LogP contribution in [0.25, 0.3) is 11.4 Å². The molecule has 6 heteroatoms. The number of benzene rings is 1. The molecule has 1 aromatic heterocycles. The van der Waals surface area contributed by atoms with E-state index in [0.717, 1.165) is 43.5 Å². The van der Waals surface area contributed by atoms with E-state index in [1.807, 2.05) is 29.2 Å². The van der Waals surface area contributed by atoms with Gasteiger partial charge in [-0.1, -0.05) is 32.9 Å². The standard InChI is InChI=1S/C23H33N3O3/c1-16(15-23(2,3)4)14-20(27)26-13-7-6-8-19(26)22-24-21(25-29-22)17-9-11-18(28-5)12-10-17/h9-12,16,19H,6-8,13-15H2,1-5H3. The smallest absolute Gasteiger partial charge is 0.249 e. The summed E-state index contributed by atoms with van der Waals surface area (Å²) in [5.74, 6) is 2.40. The quantitative estimate of drug-likeness (QED) is 0.662. The van der Waals surface area contributed by atoms with Crippen LogP contribution in [0.4, 0.5) is 0 Å². The van der Waals surface area contributed by atoms with Crippen LogP contribution in [-0.4, -0.2) is 34.6 Å². The summed E-state index contributed by atoms with van der Waals surface area (Å²) in [6.07, 6.45) is 4.54. The highest BCUT2D eigenvalue weighted by molar-refractivity contribution is 5.77. The second-order valence-electron chi connectivity index (χ2n) is 9.36. The van der Waals surface area contributed by atoms with E-state index < -0.39 is 0 Å². The van der Waals surface area contributed by atoms with E-state index in [2.05, 4.69) is 37.8 Å². The Kier molecular flexibility index (Phi) is 6.60. The Morgan fingerprint density at radius 2 is 2.00 bits per heavy atom. The number of likely N-dealkylation sites (tertiary alicyclic amines) is 1. The van der Waals surface area contributed by atoms with Crippen LogP contribution in [0.1, 0.15) is 71.7 Å². The second-order valence-corrected chi connectivity index (χ2v) is 9.36. The lowest BCUT2D eigenvalue weighted by Crippen LogP contribution is -2.39. The van der Waals surface area contributed by atoms with Crippen LogP contribution in [0.5, 0.6) is 5.75 Å². The van der Waals surface area contributed by atoms with E-state index in [0.29, 0.717) is 24.1 Å². The molecular weight excluding hydrogens is 366 g/mol. The summed E-state index contributed by atoms with van der Waals surface area (Å²) < 4.78 is 10.8. The number of carbonyl (C=O) groups excluding carboxylic acids is 1. The van der Waals surface area contributed by atoms with Crippen molar-refractivity contribution in [2.75, 3.05) is 13.7 Å². The molecule has 1 saturated heterocycles. The lowest BCUT2D eigenvalue weighted by atomic mass is 9.84. The van der Waals surface area contributed by atoms with E-state index in [4.69, 9.17) is 9.26 Å². The molecule has 2 atom stereocenters. The number of nitrogens with zero attached hydrogens (tertiary/aromatic N) is 3. The van der Waals surface area contributed by atoms with Crippen molar-refractivity contribution in [3.8, 4) is 17.1 Å². The van der Waals surface area contributed by atoms with Gasteiger partial charge in [-0.05, 0) is 61.3 Å². The number of piperidine rings is 1. The zero-order valence-corrected chi connectivity index (χ0v) is 18.3. The zero-order valence-electron chi connectivity index (χ0n) is 18.3. The molecule has 29 heavy (non-hydrogen) atoms. The molecule has 1 aliphatic rings. The van der Waals surface area contributed by atoms with E-state index in [1.54, 1.807) is 7.11 Å². The molecule has 1 fully saturated rings. The molecule has 158 valence electrons. The van der Waals surface area contributed by atoms with Gasteiger partial charge in [0.15, 0.2) is 0 Å². The summed E-state index contributed by atoms with van der Waals surface area (Å²) in [5.41, 5.74) is 1.09. The SMILES string of the molecule is COc1ccc(-c2noc(C3CCCCN3C(=O)CC(C)CC(C)(C)C)n2)cc1. The lowest BCUT2D eigenvalue weighted by molar-refractivity contribution is -0.136. The Hall–Kier alpha value is -2.37. The summed E-state index contributed by atoms with van der Waals surface area (Å²) in [6.45, 7) is 9.58. The highest BCUT2D eigenvalue weighted by atomic mass is 16.5. The number of hydrogen-bond donors (Lipinski definition) is 0. The maximum absolute atomic E-state index is 13.0. The molecule has 2 unspecified atom stereocenters. The van der Waals surface area contributed by atoms with E-state index in [1.165, 1.54) is 0 Å². The summed E-state index contributed by atoms with van der Waals surface area (Å²) in [6, 6.07) is 7.44. The molecule has 6 nitrogen and oxygen atoms in total. The molecule has 1 amide bonds. The molecule has 0 radical (unpaired) electrons. The molecule has 0 spiro atoms. The van der Waals surface area contributed by atoms with Crippen molar-refractivity contribution in [2.24, 2.45) is 11.3 Å². The Balaban J connectivity index is 1.72. The Labute approximate surface area is 173 Å². The van der Waals surface area contributed by atoms with Gasteiger partial charge in [0.05, 0.1) is 7.11 Å². The molecule has 0 N–H and O–H groups in total. The van der Waals surface area contributed by atoms with Crippen LogP contribution in [0.2, 0.25) is 0 Å². The van der Waals surface area contributed by atoms with Gasteiger partial charge >= 0.3 is 0 Å². The molecule has 1 aromatic carbocycles. The van der Waals surface area contributed by atoms with Gasteiger partial charge in [-0.3, -0.25) is 4.79 Å². The van der Waals surface area contributed by atoms with Crippen LogP contribution in [-0.2, 0) is 4.79 Å². The summed E-state index contributed by atoms with van der Waals surface area (Å²) >= 11 is 0. The molecule has 2 heterocycles. The van der Waals surface area contributed by atoms with Gasteiger partial charge in [0.2, 0.25) is 17.6 Å². The van der Waals surface area contributed by atoms with Gasteiger partial charge in [-0.2, -0.15) is 4.98 Å². The van der Waals surface area contributed by atoms with Crippen molar-refractivity contribution in [2.45, 2.75) is 65.8 Å². The minimum Gasteiger partial charge on any atom is -0.497 e. The zero-order chi connectivity index (χ0) is 21.0. The fourth-order valence-electron chi connectivity index (χ4n) is 4.25. The third kappa shape index (κ3) is 5.58. The predicted octanol–water partition coefficient (Wildman–Crippen LogP) is 5.26. The van der Waals surface area contributed by atoms with Gasteiger partial charge in [0.1, 0.15) is 11.8 Å². The maximum atomic E-state index is 13.0. The minimum absolute atomic E-state index is 0.127. The van der Waals surface area contributed by atoms with Crippen LogP contribution in [0, 0.1) is 11.3 Å². The number of ether oxygens (including phenoxy) is 1. The Bertz CT molecular complexity index is 808. The first-order chi connectivity index (χ1) is 13.8. The van der Waals surface area contributed by atoms with Crippen molar-refractivity contribution in [3.63, 3.8) is 0 Å². The lowest BCUT2D eigenvalue weighted by Gasteiger charge is -2.34. The molecule has 0 aliphatic carbocycles. The normalized spacial score (nSPS) is 18.5. The maximum Gasteiger partial charge on any atom is 0.249 e. The number of amides is 1. The molecule has 0 saturated carbocycles. The fraction of sp³-hybridized carbons (Fsp3) is 0.609. The molecule has 3 rings (SSSR count). The van der Waals surface area contributed by atoms with E-state index in [9.17, 15) is 4.79 Å². The van der Waals surface area contributed by atoms with Crippen molar-refractivity contribution in [3.05, 3.63) is 30.2 Å². The van der Waals surface area contributed by atoms with Gasteiger partial charge in [0, 0.05) is 18.5 Å². The predicted molar refractivity (Wildman–Crippen MR) is 112 cm³/mol. The average Bonchev–Trinajstić information content (AvgIpc) is 3.16. The van der Waals surface area contributed by atoms with Gasteiger partial charge in [-0.15, -0.1) is 0 Å². The average molecular weight is 400 g/mol. The molecule has 0 bridgehead atoms. The molecular formula is C23H33N3O3.